The molecule has 4 rings (SSSR count). The highest BCUT2D eigenvalue weighted by atomic mass is 16.5. The van der Waals surface area contributed by atoms with Gasteiger partial charge in [-0.05, 0) is 30.0 Å². The number of amides is 1. The summed E-state index contributed by atoms with van der Waals surface area (Å²) in [7, 11) is 2.07. The number of nitrogens with zero attached hydrogens (tertiary/aromatic N) is 1. The Morgan fingerprint density at radius 3 is 3.04 bits per heavy atom. The van der Waals surface area contributed by atoms with Crippen LogP contribution in [0.4, 0.5) is 0 Å². The molecule has 3 aromatic rings. The smallest absolute Gasteiger partial charge is 0.267 e. The van der Waals surface area contributed by atoms with Gasteiger partial charge in [0, 0.05) is 30.5 Å². The quantitative estimate of drug-likeness (QED) is 0.778. The number of likely N-dealkylation sites (N-methyl/N-ethyl adjacent to an activating group) is 1. The van der Waals surface area contributed by atoms with Crippen molar-refractivity contribution in [1.82, 2.24) is 15.2 Å². The second kappa shape index (κ2) is 6.26. The Bertz CT molecular complexity index is 887. The third kappa shape index (κ3) is 2.88. The van der Waals surface area contributed by atoms with Crippen LogP contribution in [0.2, 0.25) is 0 Å². The zero-order chi connectivity index (χ0) is 16.5. The summed E-state index contributed by atoms with van der Waals surface area (Å²) < 4.78 is 5.68. The van der Waals surface area contributed by atoms with Gasteiger partial charge >= 0.3 is 0 Å². The van der Waals surface area contributed by atoms with Crippen molar-refractivity contribution >= 4 is 27.6 Å². The van der Waals surface area contributed by atoms with E-state index in [9.17, 15) is 4.79 Å². The molecule has 1 atom stereocenters. The zero-order valence-corrected chi connectivity index (χ0v) is 13.7. The Hall–Kier alpha value is -2.37. The van der Waals surface area contributed by atoms with Gasteiger partial charge < -0.3 is 19.9 Å². The highest BCUT2D eigenvalue weighted by Gasteiger charge is 2.19. The van der Waals surface area contributed by atoms with Gasteiger partial charge in [0.1, 0.15) is 5.69 Å². The largest absolute Gasteiger partial charge is 0.374 e. The number of aromatic nitrogens is 1. The third-order valence-electron chi connectivity index (χ3n) is 4.61. The third-order valence-corrected chi connectivity index (χ3v) is 4.61. The molecule has 1 saturated heterocycles. The maximum atomic E-state index is 12.5. The van der Waals surface area contributed by atoms with Crippen molar-refractivity contribution in [1.29, 1.82) is 0 Å². The van der Waals surface area contributed by atoms with E-state index in [1.165, 1.54) is 5.39 Å². The van der Waals surface area contributed by atoms with E-state index in [0.29, 0.717) is 12.2 Å². The summed E-state index contributed by atoms with van der Waals surface area (Å²) in [5, 5.41) is 6.38. The lowest BCUT2D eigenvalue weighted by atomic mass is 10.1. The molecule has 1 fully saturated rings. The first-order valence-electron chi connectivity index (χ1n) is 8.29. The summed E-state index contributed by atoms with van der Waals surface area (Å²) >= 11 is 0. The van der Waals surface area contributed by atoms with Crippen LogP contribution in [0, 0.1) is 0 Å². The van der Waals surface area contributed by atoms with E-state index >= 15 is 0 Å². The molecule has 0 bridgehead atoms. The van der Waals surface area contributed by atoms with Crippen molar-refractivity contribution in [3.63, 3.8) is 0 Å². The molecule has 0 spiro atoms. The molecule has 1 unspecified atom stereocenters. The summed E-state index contributed by atoms with van der Waals surface area (Å²) in [6.07, 6.45) is 0.0536. The topological polar surface area (TPSA) is 57.4 Å². The van der Waals surface area contributed by atoms with Crippen LogP contribution in [0.1, 0.15) is 10.5 Å². The molecule has 5 nitrogen and oxygen atoms in total. The van der Waals surface area contributed by atoms with Crippen molar-refractivity contribution in [2.24, 2.45) is 0 Å². The molecule has 2 N–H and O–H groups in total. The zero-order valence-electron chi connectivity index (χ0n) is 13.7. The monoisotopic (exact) mass is 323 g/mol. The van der Waals surface area contributed by atoms with Crippen LogP contribution in [0.15, 0.2) is 42.5 Å². The molecule has 24 heavy (non-hydrogen) atoms. The van der Waals surface area contributed by atoms with Crippen LogP contribution in [0.3, 0.4) is 0 Å². The predicted molar refractivity (Wildman–Crippen MR) is 95.4 cm³/mol. The van der Waals surface area contributed by atoms with Crippen LogP contribution in [-0.2, 0) is 4.74 Å². The number of hydrogen-bond donors (Lipinski definition) is 2. The normalized spacial score (nSPS) is 19.0. The maximum absolute atomic E-state index is 12.5. The SMILES string of the molecule is CN1CCOC(CNC(=O)c2cc3c(ccc4ccccc43)[nH]2)C1. The van der Waals surface area contributed by atoms with Gasteiger partial charge in [-0.1, -0.05) is 30.3 Å². The Balaban J connectivity index is 1.53. The Kier molecular flexibility index (Phi) is 3.96. The summed E-state index contributed by atoms with van der Waals surface area (Å²) in [5.74, 6) is -0.0906. The fourth-order valence-electron chi connectivity index (χ4n) is 3.30. The number of benzene rings is 2. The number of rotatable bonds is 3. The summed E-state index contributed by atoms with van der Waals surface area (Å²) in [5.41, 5.74) is 1.57. The summed E-state index contributed by atoms with van der Waals surface area (Å²) in [4.78, 5) is 17.9. The van der Waals surface area contributed by atoms with Gasteiger partial charge in [0.05, 0.1) is 12.7 Å². The molecule has 2 aromatic carbocycles. The van der Waals surface area contributed by atoms with E-state index in [0.717, 1.165) is 36.0 Å². The van der Waals surface area contributed by atoms with E-state index in [-0.39, 0.29) is 12.0 Å². The van der Waals surface area contributed by atoms with Crippen LogP contribution in [0.5, 0.6) is 0 Å². The average molecular weight is 323 g/mol. The molecule has 124 valence electrons. The summed E-state index contributed by atoms with van der Waals surface area (Å²) in [6, 6.07) is 14.2. The van der Waals surface area contributed by atoms with Gasteiger partial charge in [-0.15, -0.1) is 0 Å². The molecule has 0 aliphatic carbocycles. The number of carbonyl (C=O) groups is 1. The minimum atomic E-state index is -0.0906. The first kappa shape index (κ1) is 15.2. The van der Waals surface area contributed by atoms with Crippen molar-refractivity contribution in [3.05, 3.63) is 48.2 Å². The molecular formula is C19H21N3O2. The van der Waals surface area contributed by atoms with E-state index in [1.807, 2.05) is 24.3 Å². The standard InChI is InChI=1S/C19H21N3O2/c1-22-8-9-24-14(12-22)11-20-19(23)18-10-16-15-5-3-2-4-13(15)6-7-17(16)21-18/h2-7,10,14,21H,8-9,11-12H2,1H3,(H,20,23). The van der Waals surface area contributed by atoms with Crippen LogP contribution in [0.25, 0.3) is 21.7 Å². The molecule has 5 heteroatoms. The van der Waals surface area contributed by atoms with Crippen molar-refractivity contribution in [3.8, 4) is 0 Å². The van der Waals surface area contributed by atoms with Gasteiger partial charge in [-0.25, -0.2) is 0 Å². The number of morpholine rings is 1. The average Bonchev–Trinajstić information content (AvgIpc) is 3.04. The summed E-state index contributed by atoms with van der Waals surface area (Å²) in [6.45, 7) is 3.03. The maximum Gasteiger partial charge on any atom is 0.267 e. The van der Waals surface area contributed by atoms with Crippen molar-refractivity contribution in [2.45, 2.75) is 6.10 Å². The van der Waals surface area contributed by atoms with E-state index < -0.39 is 0 Å². The van der Waals surface area contributed by atoms with Gasteiger partial charge in [0.25, 0.3) is 5.91 Å². The van der Waals surface area contributed by atoms with Crippen LogP contribution < -0.4 is 5.32 Å². The molecular weight excluding hydrogens is 302 g/mol. The highest BCUT2D eigenvalue weighted by Crippen LogP contribution is 2.25. The Morgan fingerprint density at radius 2 is 2.17 bits per heavy atom. The van der Waals surface area contributed by atoms with Gasteiger partial charge in [0.15, 0.2) is 0 Å². The van der Waals surface area contributed by atoms with Crippen LogP contribution >= 0.6 is 0 Å². The van der Waals surface area contributed by atoms with E-state index in [4.69, 9.17) is 4.74 Å². The number of H-pyrrole nitrogens is 1. The lowest BCUT2D eigenvalue weighted by Gasteiger charge is -2.30. The first-order chi connectivity index (χ1) is 11.7. The lowest BCUT2D eigenvalue weighted by molar-refractivity contribution is -0.0175. The second-order valence-electron chi connectivity index (χ2n) is 6.40. The van der Waals surface area contributed by atoms with Crippen LogP contribution in [-0.4, -0.2) is 55.2 Å². The van der Waals surface area contributed by atoms with E-state index in [1.54, 1.807) is 0 Å². The predicted octanol–water partition coefficient (Wildman–Crippen LogP) is 2.38. The molecule has 1 aromatic heterocycles. The molecule has 0 radical (unpaired) electrons. The molecule has 1 aliphatic rings. The van der Waals surface area contributed by atoms with Gasteiger partial charge in [-0.2, -0.15) is 0 Å². The second-order valence-corrected chi connectivity index (χ2v) is 6.40. The Labute approximate surface area is 140 Å². The lowest BCUT2D eigenvalue weighted by Crippen LogP contribution is -2.45. The highest BCUT2D eigenvalue weighted by molar-refractivity contribution is 6.09. The van der Waals surface area contributed by atoms with Gasteiger partial charge in [0.2, 0.25) is 0 Å². The molecule has 2 heterocycles. The minimum absolute atomic E-state index is 0.0536. The molecule has 0 saturated carbocycles. The number of hydrogen-bond acceptors (Lipinski definition) is 3. The number of carbonyl (C=O) groups excluding carboxylic acids is 1. The first-order valence-corrected chi connectivity index (χ1v) is 8.29. The Morgan fingerprint density at radius 1 is 1.29 bits per heavy atom. The van der Waals surface area contributed by atoms with Gasteiger partial charge in [-0.3, -0.25) is 4.79 Å². The van der Waals surface area contributed by atoms with Crippen molar-refractivity contribution < 1.29 is 9.53 Å². The number of aromatic amines is 1. The van der Waals surface area contributed by atoms with Crippen molar-refractivity contribution in [2.75, 3.05) is 33.3 Å². The molecule has 1 aliphatic heterocycles. The molecule has 1 amide bonds. The minimum Gasteiger partial charge on any atom is -0.374 e. The number of fused-ring (bicyclic) bond motifs is 3. The fraction of sp³-hybridized carbons (Fsp3) is 0.316. The fourth-order valence-corrected chi connectivity index (χ4v) is 3.30. The van der Waals surface area contributed by atoms with E-state index in [2.05, 4.69) is 40.4 Å². The number of ether oxygens (including phenoxy) is 1. The number of nitrogens with one attached hydrogen (secondary N) is 2.